The molecule has 1 aliphatic heterocycles. The Hall–Kier alpha value is -2.80. The smallest absolute Gasteiger partial charge is 0.229 e. The van der Waals surface area contributed by atoms with Crippen molar-refractivity contribution >= 4 is 28.3 Å². The summed E-state index contributed by atoms with van der Waals surface area (Å²) >= 11 is 1.47. The summed E-state index contributed by atoms with van der Waals surface area (Å²) in [6.45, 7) is 5.55. The van der Waals surface area contributed by atoms with Crippen molar-refractivity contribution in [3.05, 3.63) is 64.4 Å². The van der Waals surface area contributed by atoms with Gasteiger partial charge in [0.05, 0.1) is 12.1 Å². The number of benzene rings is 1. The van der Waals surface area contributed by atoms with Crippen molar-refractivity contribution in [3.63, 3.8) is 0 Å². The number of hydrogen-bond donors (Lipinski definition) is 1. The van der Waals surface area contributed by atoms with Gasteiger partial charge < -0.3 is 10.2 Å². The molecule has 1 aliphatic rings. The lowest BCUT2D eigenvalue weighted by Crippen LogP contribution is -2.39. The number of anilines is 2. The Kier molecular flexibility index (Phi) is 6.38. The van der Waals surface area contributed by atoms with Gasteiger partial charge in [-0.1, -0.05) is 30.3 Å². The molecular weight excluding hydrogens is 394 g/mol. The van der Waals surface area contributed by atoms with Gasteiger partial charge in [0.25, 0.3) is 0 Å². The number of hydrogen-bond acceptors (Lipinski definition) is 6. The van der Waals surface area contributed by atoms with Gasteiger partial charge in [0, 0.05) is 29.9 Å². The van der Waals surface area contributed by atoms with E-state index in [0.29, 0.717) is 23.4 Å². The average molecular weight is 422 g/mol. The van der Waals surface area contributed by atoms with Crippen LogP contribution in [-0.2, 0) is 17.6 Å². The first-order chi connectivity index (χ1) is 14.5. The molecule has 0 radical (unpaired) electrons. The molecule has 0 atom stereocenters. The second kappa shape index (κ2) is 9.34. The van der Waals surface area contributed by atoms with E-state index in [4.69, 9.17) is 0 Å². The molecule has 30 heavy (non-hydrogen) atoms. The zero-order chi connectivity index (χ0) is 20.9. The Morgan fingerprint density at radius 3 is 2.50 bits per heavy atom. The third kappa shape index (κ3) is 5.42. The van der Waals surface area contributed by atoms with Crippen LogP contribution in [0.3, 0.4) is 0 Å². The number of carbonyl (C=O) groups excluding carboxylic acids is 1. The van der Waals surface area contributed by atoms with Crippen molar-refractivity contribution in [2.45, 2.75) is 39.5 Å². The number of thiazole rings is 1. The summed E-state index contributed by atoms with van der Waals surface area (Å²) < 4.78 is 0. The summed E-state index contributed by atoms with van der Waals surface area (Å²) in [6.07, 6.45) is 3.57. The lowest BCUT2D eigenvalue weighted by Gasteiger charge is -2.32. The third-order valence-corrected chi connectivity index (χ3v) is 6.23. The Labute approximate surface area is 181 Å². The normalized spacial score (nSPS) is 14.7. The largest absolute Gasteiger partial charge is 0.342 e. The van der Waals surface area contributed by atoms with Crippen LogP contribution >= 0.6 is 11.3 Å². The fraction of sp³-hybridized carbons (Fsp3) is 0.391. The number of nitrogens with one attached hydrogen (secondary N) is 1. The minimum Gasteiger partial charge on any atom is -0.342 e. The minimum absolute atomic E-state index is 0.160. The summed E-state index contributed by atoms with van der Waals surface area (Å²) in [6, 6.07) is 12.6. The van der Waals surface area contributed by atoms with E-state index in [1.165, 1.54) is 16.9 Å². The molecule has 1 aromatic carbocycles. The van der Waals surface area contributed by atoms with Gasteiger partial charge in [-0.15, -0.1) is 11.3 Å². The van der Waals surface area contributed by atoms with Crippen LogP contribution in [0.15, 0.2) is 41.8 Å². The fourth-order valence-corrected chi connectivity index (χ4v) is 4.63. The number of aromatic nitrogens is 3. The van der Waals surface area contributed by atoms with Gasteiger partial charge in [-0.05, 0) is 50.7 Å². The molecule has 3 heterocycles. The van der Waals surface area contributed by atoms with Crippen LogP contribution in [0.4, 0.5) is 11.1 Å². The highest BCUT2D eigenvalue weighted by atomic mass is 32.1. The monoisotopic (exact) mass is 421 g/mol. The van der Waals surface area contributed by atoms with Gasteiger partial charge >= 0.3 is 0 Å². The van der Waals surface area contributed by atoms with E-state index >= 15 is 0 Å². The fourth-order valence-electron chi connectivity index (χ4n) is 3.92. The Morgan fingerprint density at radius 2 is 1.80 bits per heavy atom. The first-order valence-corrected chi connectivity index (χ1v) is 11.3. The molecule has 6 nitrogen and oxygen atoms in total. The Morgan fingerprint density at radius 1 is 1.10 bits per heavy atom. The maximum Gasteiger partial charge on any atom is 0.229 e. The van der Waals surface area contributed by atoms with E-state index in [9.17, 15) is 4.79 Å². The summed E-state index contributed by atoms with van der Waals surface area (Å²) in [5, 5.41) is 5.80. The molecule has 3 aromatic rings. The van der Waals surface area contributed by atoms with E-state index < -0.39 is 0 Å². The van der Waals surface area contributed by atoms with Crippen LogP contribution in [0.5, 0.6) is 0 Å². The first-order valence-electron chi connectivity index (χ1n) is 10.4. The first kappa shape index (κ1) is 20.5. The van der Waals surface area contributed by atoms with Crippen LogP contribution in [0.25, 0.3) is 0 Å². The lowest BCUT2D eigenvalue weighted by atomic mass is 9.90. The number of carbonyl (C=O) groups is 1. The van der Waals surface area contributed by atoms with Crippen molar-refractivity contribution in [3.8, 4) is 0 Å². The molecule has 1 N–H and O–H groups in total. The summed E-state index contributed by atoms with van der Waals surface area (Å²) in [4.78, 5) is 28.0. The van der Waals surface area contributed by atoms with Gasteiger partial charge in [-0.25, -0.2) is 15.0 Å². The minimum atomic E-state index is 0.160. The number of piperidine rings is 1. The molecule has 0 bridgehead atoms. The van der Waals surface area contributed by atoms with Gasteiger partial charge in [0.2, 0.25) is 11.9 Å². The second-order valence-corrected chi connectivity index (χ2v) is 8.79. The van der Waals surface area contributed by atoms with Crippen LogP contribution in [0, 0.1) is 19.8 Å². The SMILES string of the molecule is Cc1cc(C)nc(Nc2nc(CC(=O)N3CCC(Cc4ccccc4)CC3)cs2)n1. The summed E-state index contributed by atoms with van der Waals surface area (Å²) in [5.41, 5.74) is 4.00. The second-order valence-electron chi connectivity index (χ2n) is 7.93. The molecule has 4 rings (SSSR count). The lowest BCUT2D eigenvalue weighted by molar-refractivity contribution is -0.131. The van der Waals surface area contributed by atoms with E-state index in [-0.39, 0.29) is 5.91 Å². The van der Waals surface area contributed by atoms with Gasteiger partial charge in [0.15, 0.2) is 5.13 Å². The molecule has 7 heteroatoms. The van der Waals surface area contributed by atoms with E-state index in [1.54, 1.807) is 0 Å². The standard InChI is InChI=1S/C23H27N5OS/c1-16-12-17(2)25-22(24-16)27-23-26-20(15-30-23)14-21(29)28-10-8-19(9-11-28)13-18-6-4-3-5-7-18/h3-7,12,15,19H,8-11,13-14H2,1-2H3,(H,24,25,26,27). The molecule has 1 saturated heterocycles. The van der Waals surface area contributed by atoms with E-state index in [2.05, 4.69) is 50.6 Å². The molecule has 1 fully saturated rings. The molecule has 0 aliphatic carbocycles. The van der Waals surface area contributed by atoms with Crippen LogP contribution in [-0.4, -0.2) is 38.8 Å². The molecule has 0 spiro atoms. The highest BCUT2D eigenvalue weighted by molar-refractivity contribution is 7.13. The Bertz CT molecular complexity index is 976. The average Bonchev–Trinajstić information content (AvgIpc) is 3.15. The van der Waals surface area contributed by atoms with E-state index in [1.807, 2.05) is 30.2 Å². The molecule has 156 valence electrons. The van der Waals surface area contributed by atoms with Crippen molar-refractivity contribution in [1.82, 2.24) is 19.9 Å². The zero-order valence-corrected chi connectivity index (χ0v) is 18.3. The molecule has 1 amide bonds. The molecule has 0 unspecified atom stereocenters. The molecular formula is C23H27N5OS. The van der Waals surface area contributed by atoms with Crippen molar-refractivity contribution in [2.24, 2.45) is 5.92 Å². The van der Waals surface area contributed by atoms with Crippen LogP contribution in [0.1, 0.15) is 35.5 Å². The number of nitrogens with zero attached hydrogens (tertiary/aromatic N) is 4. The number of aryl methyl sites for hydroxylation is 2. The topological polar surface area (TPSA) is 71.0 Å². The van der Waals surface area contributed by atoms with Crippen molar-refractivity contribution in [1.29, 1.82) is 0 Å². The maximum atomic E-state index is 12.7. The predicted octanol–water partition coefficient (Wildman–Crippen LogP) is 4.32. The van der Waals surface area contributed by atoms with Crippen LogP contribution in [0.2, 0.25) is 0 Å². The number of amides is 1. The third-order valence-electron chi connectivity index (χ3n) is 5.42. The molecule has 2 aromatic heterocycles. The van der Waals surface area contributed by atoms with Gasteiger partial charge in [0.1, 0.15) is 0 Å². The highest BCUT2D eigenvalue weighted by Crippen LogP contribution is 2.23. The van der Waals surface area contributed by atoms with Gasteiger partial charge in [-0.2, -0.15) is 0 Å². The quantitative estimate of drug-likeness (QED) is 0.642. The summed E-state index contributed by atoms with van der Waals surface area (Å²) in [5.74, 6) is 1.36. The van der Waals surface area contributed by atoms with Crippen molar-refractivity contribution < 1.29 is 4.79 Å². The maximum absolute atomic E-state index is 12.7. The van der Waals surface area contributed by atoms with E-state index in [0.717, 1.165) is 49.4 Å². The highest BCUT2D eigenvalue weighted by Gasteiger charge is 2.23. The number of likely N-dealkylation sites (tertiary alicyclic amines) is 1. The van der Waals surface area contributed by atoms with Crippen molar-refractivity contribution in [2.75, 3.05) is 18.4 Å². The summed E-state index contributed by atoms with van der Waals surface area (Å²) in [7, 11) is 0. The van der Waals surface area contributed by atoms with Gasteiger partial charge in [-0.3, -0.25) is 4.79 Å². The zero-order valence-electron chi connectivity index (χ0n) is 17.5. The number of rotatable bonds is 6. The molecule has 0 saturated carbocycles. The Balaban J connectivity index is 1.27. The predicted molar refractivity (Wildman–Crippen MR) is 120 cm³/mol. The van der Waals surface area contributed by atoms with Crippen LogP contribution < -0.4 is 5.32 Å².